The molecule has 0 spiro atoms. The summed E-state index contributed by atoms with van der Waals surface area (Å²) in [7, 11) is 0. The average molecular weight is 433 g/mol. The molecule has 2 aliphatic heterocycles. The van der Waals surface area contributed by atoms with Gasteiger partial charge in [-0.15, -0.1) is 0 Å². The number of nitrogens with zero attached hydrogens (tertiary/aromatic N) is 3. The van der Waals surface area contributed by atoms with Crippen molar-refractivity contribution in [2.75, 3.05) is 24.7 Å². The van der Waals surface area contributed by atoms with Gasteiger partial charge in [-0.2, -0.15) is 0 Å². The standard InChI is InChI=1S/C22H22F3N3O3/c1-13-7-17(23)20(26-8-13)28-10-18(29)27(19(21(28)30)15-11-31-12-15)9-14-3-5-16(6-4-14)22(2,24)25/h3-8,15,19H,9-12H2,1-2H3/t19-/m1/s1. The molecule has 4 rings (SSSR count). The first-order valence-corrected chi connectivity index (χ1v) is 9.93. The number of aromatic nitrogens is 1. The molecule has 3 heterocycles. The first-order chi connectivity index (χ1) is 14.6. The van der Waals surface area contributed by atoms with Crippen molar-refractivity contribution >= 4 is 17.6 Å². The molecule has 2 saturated heterocycles. The Hall–Kier alpha value is -2.94. The Labute approximate surface area is 177 Å². The Morgan fingerprint density at radius 2 is 1.87 bits per heavy atom. The number of carbonyl (C=O) groups excluding carboxylic acids is 2. The smallest absolute Gasteiger partial charge is 0.270 e. The molecule has 164 valence electrons. The van der Waals surface area contributed by atoms with Crippen LogP contribution in [0.25, 0.3) is 0 Å². The van der Waals surface area contributed by atoms with Gasteiger partial charge in [-0.1, -0.05) is 24.3 Å². The average Bonchev–Trinajstić information content (AvgIpc) is 2.66. The first-order valence-electron chi connectivity index (χ1n) is 9.93. The molecular formula is C22H22F3N3O3. The molecule has 1 atom stereocenters. The summed E-state index contributed by atoms with van der Waals surface area (Å²) >= 11 is 0. The summed E-state index contributed by atoms with van der Waals surface area (Å²) in [6.45, 7) is 2.84. The van der Waals surface area contributed by atoms with Crippen molar-refractivity contribution in [3.8, 4) is 0 Å². The predicted molar refractivity (Wildman–Crippen MR) is 106 cm³/mol. The van der Waals surface area contributed by atoms with Gasteiger partial charge in [0.05, 0.1) is 13.2 Å². The second kappa shape index (κ2) is 7.96. The number of amides is 2. The number of carbonyl (C=O) groups is 2. The third-order valence-electron chi connectivity index (χ3n) is 5.61. The minimum atomic E-state index is -2.97. The van der Waals surface area contributed by atoms with Crippen LogP contribution in [-0.2, 0) is 26.8 Å². The summed E-state index contributed by atoms with van der Waals surface area (Å²) in [6, 6.07) is 6.08. The second-order valence-electron chi connectivity index (χ2n) is 8.09. The van der Waals surface area contributed by atoms with Gasteiger partial charge >= 0.3 is 0 Å². The van der Waals surface area contributed by atoms with Crippen LogP contribution in [0.15, 0.2) is 36.5 Å². The van der Waals surface area contributed by atoms with Crippen molar-refractivity contribution < 1.29 is 27.5 Å². The van der Waals surface area contributed by atoms with E-state index in [-0.39, 0.29) is 36.3 Å². The van der Waals surface area contributed by atoms with Crippen LogP contribution in [0.2, 0.25) is 0 Å². The van der Waals surface area contributed by atoms with Crippen molar-refractivity contribution in [3.63, 3.8) is 0 Å². The lowest BCUT2D eigenvalue weighted by Gasteiger charge is -2.45. The Morgan fingerprint density at radius 1 is 1.19 bits per heavy atom. The fraction of sp³-hybridized carbons (Fsp3) is 0.409. The second-order valence-corrected chi connectivity index (χ2v) is 8.09. The van der Waals surface area contributed by atoms with E-state index in [1.807, 2.05) is 0 Å². The number of benzene rings is 1. The molecule has 9 heteroatoms. The maximum atomic E-state index is 14.5. The lowest BCUT2D eigenvalue weighted by molar-refractivity contribution is -0.155. The van der Waals surface area contributed by atoms with Gasteiger partial charge < -0.3 is 9.64 Å². The molecule has 0 bridgehead atoms. The van der Waals surface area contributed by atoms with Crippen LogP contribution in [0.1, 0.15) is 23.6 Å². The summed E-state index contributed by atoms with van der Waals surface area (Å²) in [6.07, 6.45) is 1.44. The minimum Gasteiger partial charge on any atom is -0.380 e. The zero-order valence-corrected chi connectivity index (χ0v) is 17.1. The number of hydrogen-bond acceptors (Lipinski definition) is 4. The molecule has 6 nitrogen and oxygen atoms in total. The Bertz CT molecular complexity index is 1000. The van der Waals surface area contributed by atoms with E-state index < -0.39 is 23.7 Å². The van der Waals surface area contributed by atoms with E-state index in [0.29, 0.717) is 24.3 Å². The van der Waals surface area contributed by atoms with Crippen molar-refractivity contribution in [2.45, 2.75) is 32.4 Å². The van der Waals surface area contributed by atoms with Crippen LogP contribution in [0, 0.1) is 18.7 Å². The molecule has 0 radical (unpaired) electrons. The molecule has 0 unspecified atom stereocenters. The number of rotatable bonds is 5. The van der Waals surface area contributed by atoms with Crippen molar-refractivity contribution in [1.82, 2.24) is 9.88 Å². The van der Waals surface area contributed by atoms with Crippen molar-refractivity contribution in [2.24, 2.45) is 5.92 Å². The van der Waals surface area contributed by atoms with E-state index in [1.165, 1.54) is 41.4 Å². The van der Waals surface area contributed by atoms with Crippen LogP contribution in [0.3, 0.4) is 0 Å². The van der Waals surface area contributed by atoms with Gasteiger partial charge in [0.1, 0.15) is 12.6 Å². The number of ether oxygens (including phenoxy) is 1. The molecule has 2 fully saturated rings. The molecule has 2 aromatic rings. The first kappa shape index (κ1) is 21.3. The van der Waals surface area contributed by atoms with Gasteiger partial charge in [0.25, 0.3) is 11.8 Å². The molecule has 0 N–H and O–H groups in total. The maximum Gasteiger partial charge on any atom is 0.270 e. The van der Waals surface area contributed by atoms with Crippen LogP contribution < -0.4 is 4.90 Å². The van der Waals surface area contributed by atoms with E-state index in [1.54, 1.807) is 6.92 Å². The topological polar surface area (TPSA) is 62.7 Å². The largest absolute Gasteiger partial charge is 0.380 e. The summed E-state index contributed by atoms with van der Waals surface area (Å²) in [4.78, 5) is 32.8. The monoisotopic (exact) mass is 433 g/mol. The van der Waals surface area contributed by atoms with Gasteiger partial charge in [0.2, 0.25) is 5.91 Å². The fourth-order valence-corrected chi connectivity index (χ4v) is 3.83. The van der Waals surface area contributed by atoms with Crippen LogP contribution >= 0.6 is 0 Å². The van der Waals surface area contributed by atoms with Crippen molar-refractivity contribution in [3.05, 3.63) is 59.0 Å². The number of hydrogen-bond donors (Lipinski definition) is 0. The summed E-state index contributed by atoms with van der Waals surface area (Å²) < 4.78 is 46.6. The Kier molecular flexibility index (Phi) is 5.47. The molecule has 2 amide bonds. The summed E-state index contributed by atoms with van der Waals surface area (Å²) in [5, 5.41) is 0. The summed E-state index contributed by atoms with van der Waals surface area (Å²) in [5.41, 5.74) is 1.09. The Morgan fingerprint density at radius 3 is 2.42 bits per heavy atom. The fourth-order valence-electron chi connectivity index (χ4n) is 3.83. The quantitative estimate of drug-likeness (QED) is 0.727. The third kappa shape index (κ3) is 4.14. The molecule has 0 aliphatic carbocycles. The molecule has 1 aromatic carbocycles. The van der Waals surface area contributed by atoms with Crippen LogP contribution in [0.5, 0.6) is 0 Å². The molecular weight excluding hydrogens is 411 g/mol. The minimum absolute atomic E-state index is 0.0823. The maximum absolute atomic E-state index is 14.5. The normalized spacial score (nSPS) is 20.2. The van der Waals surface area contributed by atoms with Crippen LogP contribution in [-0.4, -0.2) is 47.5 Å². The van der Waals surface area contributed by atoms with Crippen LogP contribution in [0.4, 0.5) is 19.0 Å². The van der Waals surface area contributed by atoms with E-state index in [9.17, 15) is 22.8 Å². The highest BCUT2D eigenvalue weighted by Gasteiger charge is 2.47. The van der Waals surface area contributed by atoms with Gasteiger partial charge in [0.15, 0.2) is 11.6 Å². The van der Waals surface area contributed by atoms with Gasteiger partial charge in [-0.05, 0) is 24.1 Å². The number of halogens is 3. The number of pyridine rings is 1. The predicted octanol–water partition coefficient (Wildman–Crippen LogP) is 3.03. The van der Waals surface area contributed by atoms with Gasteiger partial charge in [0, 0.05) is 31.1 Å². The number of piperazine rings is 1. The number of aryl methyl sites for hydroxylation is 1. The van der Waals surface area contributed by atoms with E-state index in [0.717, 1.165) is 11.8 Å². The van der Waals surface area contributed by atoms with E-state index in [4.69, 9.17) is 4.74 Å². The van der Waals surface area contributed by atoms with Gasteiger partial charge in [-0.25, -0.2) is 18.2 Å². The highest BCUT2D eigenvalue weighted by molar-refractivity contribution is 6.06. The Balaban J connectivity index is 1.61. The lowest BCUT2D eigenvalue weighted by Crippen LogP contribution is -2.65. The van der Waals surface area contributed by atoms with E-state index in [2.05, 4.69) is 4.98 Å². The van der Waals surface area contributed by atoms with Crippen molar-refractivity contribution in [1.29, 1.82) is 0 Å². The molecule has 31 heavy (non-hydrogen) atoms. The SMILES string of the molecule is Cc1cnc(N2CC(=O)N(Cc3ccc(C(C)(F)F)cc3)[C@H](C3COC3)C2=O)c(F)c1. The van der Waals surface area contributed by atoms with Gasteiger partial charge in [-0.3, -0.25) is 14.5 Å². The highest BCUT2D eigenvalue weighted by Crippen LogP contribution is 2.31. The lowest BCUT2D eigenvalue weighted by atomic mass is 9.92. The van der Waals surface area contributed by atoms with E-state index >= 15 is 0 Å². The molecule has 2 aliphatic rings. The number of alkyl halides is 2. The zero-order chi connectivity index (χ0) is 22.3. The molecule has 1 aromatic heterocycles. The number of anilines is 1. The highest BCUT2D eigenvalue weighted by atomic mass is 19.3. The zero-order valence-electron chi connectivity index (χ0n) is 17.1. The summed E-state index contributed by atoms with van der Waals surface area (Å²) in [5.74, 6) is -4.85. The third-order valence-corrected chi connectivity index (χ3v) is 5.61. The molecule has 0 saturated carbocycles.